The molecule has 0 aliphatic heterocycles. The molecule has 15 heavy (non-hydrogen) atoms. The molecular formula is C10H15BrN2O2. The zero-order valence-corrected chi connectivity index (χ0v) is 10.7. The maximum absolute atomic E-state index is 11.2. The van der Waals surface area contributed by atoms with Crippen molar-refractivity contribution in [1.82, 2.24) is 5.16 Å². The minimum absolute atomic E-state index is 0.0676. The molecule has 1 amide bonds. The van der Waals surface area contributed by atoms with Gasteiger partial charge in [-0.1, -0.05) is 41.9 Å². The number of amides is 1. The molecule has 0 atom stereocenters. The molecule has 1 aromatic heterocycles. The van der Waals surface area contributed by atoms with Gasteiger partial charge in [-0.05, 0) is 0 Å². The van der Waals surface area contributed by atoms with Gasteiger partial charge in [-0.25, -0.2) is 0 Å². The normalized spacial score (nSPS) is 11.5. The van der Waals surface area contributed by atoms with Crippen LogP contribution in [0.25, 0.3) is 0 Å². The number of aromatic nitrogens is 1. The molecule has 0 aromatic carbocycles. The lowest BCUT2D eigenvalue weighted by Gasteiger charge is -2.12. The third kappa shape index (κ3) is 3.66. The molecule has 0 aliphatic carbocycles. The molecule has 1 heterocycles. The van der Waals surface area contributed by atoms with E-state index in [-0.39, 0.29) is 11.3 Å². The summed E-state index contributed by atoms with van der Waals surface area (Å²) in [5.41, 5.74) is 0.763. The van der Waals surface area contributed by atoms with Crippen LogP contribution in [0.1, 0.15) is 32.9 Å². The molecule has 84 valence electrons. The molecule has 0 aliphatic rings. The molecule has 4 nitrogen and oxygen atoms in total. The molecule has 0 radical (unpaired) electrons. The molecule has 1 aromatic rings. The smallest absolute Gasteiger partial charge is 0.231 e. The Morgan fingerprint density at radius 1 is 1.60 bits per heavy atom. The van der Waals surface area contributed by atoms with Gasteiger partial charge in [0, 0.05) is 23.2 Å². The highest BCUT2D eigenvalue weighted by Crippen LogP contribution is 2.23. The van der Waals surface area contributed by atoms with Gasteiger partial charge >= 0.3 is 0 Å². The maximum Gasteiger partial charge on any atom is 0.231 e. The lowest BCUT2D eigenvalue weighted by molar-refractivity contribution is -0.115. The molecule has 5 heteroatoms. The number of carbonyl (C=O) groups excluding carboxylic acids is 1. The highest BCUT2D eigenvalue weighted by molar-refractivity contribution is 9.09. The predicted molar refractivity (Wildman–Crippen MR) is 62.2 cm³/mol. The van der Waals surface area contributed by atoms with Crippen LogP contribution in [0.4, 0.5) is 5.88 Å². The van der Waals surface area contributed by atoms with Gasteiger partial charge in [-0.2, -0.15) is 0 Å². The van der Waals surface area contributed by atoms with Gasteiger partial charge in [0.15, 0.2) is 0 Å². The number of nitrogens with one attached hydrogen (secondary N) is 1. The Kier molecular flexibility index (Phi) is 3.90. The number of rotatable bonds is 3. The Hall–Kier alpha value is -0.840. The van der Waals surface area contributed by atoms with Crippen molar-refractivity contribution in [1.29, 1.82) is 0 Å². The van der Waals surface area contributed by atoms with Gasteiger partial charge < -0.3 is 4.52 Å². The molecule has 0 fully saturated rings. The Bertz CT molecular complexity index is 341. The Morgan fingerprint density at radius 2 is 2.27 bits per heavy atom. The fourth-order valence-corrected chi connectivity index (χ4v) is 1.33. The minimum atomic E-state index is -0.0801. The first kappa shape index (κ1) is 12.2. The van der Waals surface area contributed by atoms with E-state index in [9.17, 15) is 4.79 Å². The number of alkyl halides is 1. The lowest BCUT2D eigenvalue weighted by atomic mass is 9.92. The van der Waals surface area contributed by atoms with Crippen molar-refractivity contribution >= 4 is 27.7 Å². The highest BCUT2D eigenvalue weighted by atomic mass is 79.9. The SMILES string of the molecule is CC(C)(C)c1cc(NC(=O)CCBr)on1. The van der Waals surface area contributed by atoms with Crippen LogP contribution in [0.15, 0.2) is 10.6 Å². The second kappa shape index (κ2) is 4.79. The van der Waals surface area contributed by atoms with Crippen LogP contribution in [0.3, 0.4) is 0 Å². The maximum atomic E-state index is 11.2. The lowest BCUT2D eigenvalue weighted by Crippen LogP contribution is -2.12. The monoisotopic (exact) mass is 274 g/mol. The van der Waals surface area contributed by atoms with Crippen LogP contribution < -0.4 is 5.32 Å². The van der Waals surface area contributed by atoms with E-state index < -0.39 is 0 Å². The molecule has 0 bridgehead atoms. The van der Waals surface area contributed by atoms with E-state index in [2.05, 4.69) is 26.4 Å². The average Bonchev–Trinajstić information content (AvgIpc) is 2.52. The quantitative estimate of drug-likeness (QED) is 0.863. The van der Waals surface area contributed by atoms with Crippen molar-refractivity contribution in [2.75, 3.05) is 10.6 Å². The van der Waals surface area contributed by atoms with Crippen molar-refractivity contribution in [2.45, 2.75) is 32.6 Å². The average molecular weight is 275 g/mol. The van der Waals surface area contributed by atoms with E-state index in [1.54, 1.807) is 6.07 Å². The summed E-state index contributed by atoms with van der Waals surface area (Å²) in [7, 11) is 0. The fraction of sp³-hybridized carbons (Fsp3) is 0.600. The second-order valence-electron chi connectivity index (χ2n) is 4.31. The standard InChI is InChI=1S/C10H15BrN2O2/c1-10(2,3)7-6-9(15-13-7)12-8(14)4-5-11/h6H,4-5H2,1-3H3,(H,12,14). The van der Waals surface area contributed by atoms with E-state index in [0.29, 0.717) is 17.6 Å². The van der Waals surface area contributed by atoms with Gasteiger partial charge in [0.2, 0.25) is 11.8 Å². The molecule has 1 N–H and O–H groups in total. The summed E-state index contributed by atoms with van der Waals surface area (Å²) in [6, 6.07) is 1.76. The van der Waals surface area contributed by atoms with Gasteiger partial charge in [-0.3, -0.25) is 10.1 Å². The van der Waals surface area contributed by atoms with Crippen molar-refractivity contribution < 1.29 is 9.32 Å². The number of hydrogen-bond donors (Lipinski definition) is 1. The number of anilines is 1. The van der Waals surface area contributed by atoms with Gasteiger partial charge in [0.25, 0.3) is 0 Å². The molecular weight excluding hydrogens is 260 g/mol. The number of carbonyl (C=O) groups is 1. The van der Waals surface area contributed by atoms with Crippen molar-refractivity contribution in [3.63, 3.8) is 0 Å². The van der Waals surface area contributed by atoms with E-state index >= 15 is 0 Å². The zero-order valence-electron chi connectivity index (χ0n) is 9.13. The Balaban J connectivity index is 2.65. The summed E-state index contributed by atoms with van der Waals surface area (Å²) in [6.45, 7) is 6.11. The molecule has 0 saturated heterocycles. The van der Waals surface area contributed by atoms with E-state index in [0.717, 1.165) is 5.69 Å². The second-order valence-corrected chi connectivity index (χ2v) is 5.11. The van der Waals surface area contributed by atoms with Crippen LogP contribution >= 0.6 is 15.9 Å². The van der Waals surface area contributed by atoms with Crippen LogP contribution in [-0.4, -0.2) is 16.4 Å². The summed E-state index contributed by atoms with van der Waals surface area (Å²) < 4.78 is 5.01. The fourth-order valence-electron chi connectivity index (χ4n) is 0.973. The van der Waals surface area contributed by atoms with E-state index in [4.69, 9.17) is 4.52 Å². The van der Waals surface area contributed by atoms with Crippen LogP contribution in [0.5, 0.6) is 0 Å². The minimum Gasteiger partial charge on any atom is -0.338 e. The molecule has 0 spiro atoms. The van der Waals surface area contributed by atoms with Crippen molar-refractivity contribution in [3.8, 4) is 0 Å². The predicted octanol–water partition coefficient (Wildman–Crippen LogP) is 2.70. The summed E-state index contributed by atoms with van der Waals surface area (Å²) in [5.74, 6) is 0.328. The largest absolute Gasteiger partial charge is 0.338 e. The summed E-state index contributed by atoms with van der Waals surface area (Å²) in [5, 5.41) is 7.17. The summed E-state index contributed by atoms with van der Waals surface area (Å²) in [4.78, 5) is 11.2. The molecule has 1 rings (SSSR count). The first-order chi connectivity index (χ1) is 6.93. The number of nitrogens with zero attached hydrogens (tertiary/aromatic N) is 1. The first-order valence-electron chi connectivity index (χ1n) is 4.76. The number of hydrogen-bond acceptors (Lipinski definition) is 3. The van der Waals surface area contributed by atoms with Crippen molar-refractivity contribution in [3.05, 3.63) is 11.8 Å². The molecule has 0 saturated carbocycles. The van der Waals surface area contributed by atoms with Crippen molar-refractivity contribution in [2.24, 2.45) is 0 Å². The molecule has 0 unspecified atom stereocenters. The third-order valence-corrected chi connectivity index (χ3v) is 2.26. The van der Waals surface area contributed by atoms with Crippen LogP contribution in [0, 0.1) is 0 Å². The Labute approximate surface area is 97.5 Å². The Morgan fingerprint density at radius 3 is 2.73 bits per heavy atom. The van der Waals surface area contributed by atoms with Gasteiger partial charge in [0.05, 0.1) is 5.69 Å². The zero-order chi connectivity index (χ0) is 11.5. The first-order valence-corrected chi connectivity index (χ1v) is 5.88. The van der Waals surface area contributed by atoms with E-state index in [1.165, 1.54) is 0 Å². The van der Waals surface area contributed by atoms with E-state index in [1.807, 2.05) is 20.8 Å². The summed E-state index contributed by atoms with van der Waals surface area (Å²) >= 11 is 3.19. The number of halogens is 1. The van der Waals surface area contributed by atoms with Crippen LogP contribution in [-0.2, 0) is 10.2 Å². The van der Waals surface area contributed by atoms with Gasteiger partial charge in [-0.15, -0.1) is 0 Å². The highest BCUT2D eigenvalue weighted by Gasteiger charge is 2.19. The van der Waals surface area contributed by atoms with Gasteiger partial charge in [0.1, 0.15) is 0 Å². The topological polar surface area (TPSA) is 55.1 Å². The summed E-state index contributed by atoms with van der Waals surface area (Å²) in [6.07, 6.45) is 0.422. The third-order valence-electron chi connectivity index (χ3n) is 1.86. The van der Waals surface area contributed by atoms with Crippen LogP contribution in [0.2, 0.25) is 0 Å².